The number of rotatable bonds is 8. The first-order chi connectivity index (χ1) is 14.9. The fraction of sp³-hybridized carbons (Fsp3) is 0.250. The van der Waals surface area contributed by atoms with Crippen molar-refractivity contribution in [2.45, 2.75) is 32.7 Å². The Morgan fingerprint density at radius 1 is 1.06 bits per heavy atom. The molecule has 31 heavy (non-hydrogen) atoms. The lowest BCUT2D eigenvalue weighted by Crippen LogP contribution is -2.25. The second-order valence-corrected chi connectivity index (χ2v) is 7.64. The van der Waals surface area contributed by atoms with Crippen molar-refractivity contribution < 1.29 is 14.0 Å². The zero-order valence-electron chi connectivity index (χ0n) is 17.4. The quantitative estimate of drug-likeness (QED) is 0.361. The summed E-state index contributed by atoms with van der Waals surface area (Å²) in [4.78, 5) is 34.0. The highest BCUT2D eigenvalue weighted by Crippen LogP contribution is 2.22. The summed E-state index contributed by atoms with van der Waals surface area (Å²) in [6.45, 7) is 1.98. The zero-order chi connectivity index (χ0) is 22.4. The van der Waals surface area contributed by atoms with Crippen LogP contribution in [0.25, 0.3) is 11.3 Å². The first-order valence-electron chi connectivity index (χ1n) is 9.99. The molecule has 0 unspecified atom stereocenters. The average Bonchev–Trinajstić information content (AvgIpc) is 2.79. The molecule has 1 aromatic carbocycles. The average molecular weight is 440 g/mol. The Morgan fingerprint density at radius 2 is 1.87 bits per heavy atom. The van der Waals surface area contributed by atoms with E-state index in [9.17, 15) is 14.0 Å². The lowest BCUT2D eigenvalue weighted by Gasteiger charge is -2.17. The topological polar surface area (TPSA) is 63.2 Å². The molecule has 0 bridgehead atoms. The number of nitrogens with zero attached hydrogens (tertiary/aromatic N) is 3. The maximum absolute atomic E-state index is 14.5. The molecule has 0 aliphatic heterocycles. The number of hydrogen-bond acceptors (Lipinski definition) is 4. The second-order valence-electron chi connectivity index (χ2n) is 7.25. The molecule has 0 aliphatic rings. The number of halogens is 2. The van der Waals surface area contributed by atoms with Crippen molar-refractivity contribution in [2.75, 3.05) is 7.05 Å². The SMILES string of the molecule is CCC(=O)N(C)Cc1ccc(-c2ccc(C(=O)CCc3ccc(Cl)nc3)cn2)cc1F. The molecule has 0 radical (unpaired) electrons. The molecule has 0 aliphatic carbocycles. The van der Waals surface area contributed by atoms with E-state index in [1.54, 1.807) is 50.5 Å². The minimum atomic E-state index is -0.397. The largest absolute Gasteiger partial charge is 0.341 e. The van der Waals surface area contributed by atoms with Gasteiger partial charge in [-0.25, -0.2) is 9.37 Å². The van der Waals surface area contributed by atoms with Gasteiger partial charge in [0.15, 0.2) is 5.78 Å². The summed E-state index contributed by atoms with van der Waals surface area (Å²) < 4.78 is 14.5. The van der Waals surface area contributed by atoms with Crippen LogP contribution in [-0.2, 0) is 17.8 Å². The Hall–Kier alpha value is -3.12. The molecule has 0 atom stereocenters. The second kappa shape index (κ2) is 10.3. The Labute approximate surface area is 185 Å². The third-order valence-electron chi connectivity index (χ3n) is 5.00. The molecule has 5 nitrogen and oxygen atoms in total. The predicted octanol–water partition coefficient (Wildman–Crippen LogP) is 5.12. The van der Waals surface area contributed by atoms with Crippen LogP contribution < -0.4 is 0 Å². The molecule has 0 saturated heterocycles. The van der Waals surface area contributed by atoms with Gasteiger partial charge >= 0.3 is 0 Å². The summed E-state index contributed by atoms with van der Waals surface area (Å²) in [5, 5.41) is 0.417. The summed E-state index contributed by atoms with van der Waals surface area (Å²) >= 11 is 5.77. The summed E-state index contributed by atoms with van der Waals surface area (Å²) in [5.41, 5.74) is 3.06. The Kier molecular flexibility index (Phi) is 7.47. The van der Waals surface area contributed by atoms with Crippen LogP contribution in [0.1, 0.15) is 41.3 Å². The van der Waals surface area contributed by atoms with Crippen LogP contribution in [0.2, 0.25) is 5.15 Å². The fourth-order valence-electron chi connectivity index (χ4n) is 3.13. The summed E-state index contributed by atoms with van der Waals surface area (Å²) in [5.74, 6) is -0.469. The number of benzene rings is 1. The number of carbonyl (C=O) groups excluding carboxylic acids is 2. The third-order valence-corrected chi connectivity index (χ3v) is 5.22. The minimum Gasteiger partial charge on any atom is -0.341 e. The van der Waals surface area contributed by atoms with Crippen molar-refractivity contribution in [3.8, 4) is 11.3 Å². The standard InChI is InChI=1S/C24H23ClFN3O2/c1-3-24(31)29(2)15-19-7-6-17(12-20(19)26)21-9-8-18(14-27-21)22(30)10-4-16-5-11-23(25)28-13-16/h5-9,11-14H,3-4,10,15H2,1-2H3. The lowest BCUT2D eigenvalue weighted by molar-refractivity contribution is -0.130. The van der Waals surface area contributed by atoms with Gasteiger partial charge in [-0.15, -0.1) is 0 Å². The number of hydrogen-bond donors (Lipinski definition) is 0. The highest BCUT2D eigenvalue weighted by molar-refractivity contribution is 6.29. The monoisotopic (exact) mass is 439 g/mol. The van der Waals surface area contributed by atoms with Gasteiger partial charge in [-0.1, -0.05) is 36.7 Å². The van der Waals surface area contributed by atoms with E-state index in [1.165, 1.54) is 17.2 Å². The van der Waals surface area contributed by atoms with Crippen LogP contribution in [-0.4, -0.2) is 33.6 Å². The van der Waals surface area contributed by atoms with Crippen LogP contribution >= 0.6 is 11.6 Å². The maximum Gasteiger partial charge on any atom is 0.222 e. The number of amides is 1. The van der Waals surface area contributed by atoms with Gasteiger partial charge < -0.3 is 4.90 Å². The molecule has 1 amide bonds. The molecule has 7 heteroatoms. The third kappa shape index (κ3) is 5.95. The molecule has 0 N–H and O–H groups in total. The summed E-state index contributed by atoms with van der Waals surface area (Å²) in [6, 6.07) is 11.8. The Morgan fingerprint density at radius 3 is 2.48 bits per heavy atom. The van der Waals surface area contributed by atoms with Crippen LogP contribution in [0.3, 0.4) is 0 Å². The Bertz CT molecular complexity index is 1070. The number of carbonyl (C=O) groups is 2. The predicted molar refractivity (Wildman–Crippen MR) is 118 cm³/mol. The van der Waals surface area contributed by atoms with Gasteiger partial charge in [-0.05, 0) is 36.2 Å². The smallest absolute Gasteiger partial charge is 0.222 e. The first kappa shape index (κ1) is 22.6. The minimum absolute atomic E-state index is 0.0286. The van der Waals surface area contributed by atoms with Crippen molar-refractivity contribution in [1.29, 1.82) is 0 Å². The van der Waals surface area contributed by atoms with E-state index in [4.69, 9.17) is 11.6 Å². The summed E-state index contributed by atoms with van der Waals surface area (Å²) in [7, 11) is 1.65. The normalized spacial score (nSPS) is 10.7. The molecule has 160 valence electrons. The Balaban J connectivity index is 1.65. The van der Waals surface area contributed by atoms with E-state index in [0.717, 1.165) is 5.56 Å². The van der Waals surface area contributed by atoms with Crippen LogP contribution in [0, 0.1) is 5.82 Å². The van der Waals surface area contributed by atoms with Crippen LogP contribution in [0.5, 0.6) is 0 Å². The zero-order valence-corrected chi connectivity index (χ0v) is 18.2. The molecule has 0 saturated carbocycles. The molecule has 0 spiro atoms. The highest BCUT2D eigenvalue weighted by atomic mass is 35.5. The first-order valence-corrected chi connectivity index (χ1v) is 10.4. The molecule has 2 aromatic heterocycles. The van der Waals surface area contributed by atoms with Gasteiger partial charge in [0.2, 0.25) is 5.91 Å². The van der Waals surface area contributed by atoms with Crippen LogP contribution in [0.4, 0.5) is 4.39 Å². The van der Waals surface area contributed by atoms with Gasteiger partial charge in [0.25, 0.3) is 0 Å². The van der Waals surface area contributed by atoms with Gasteiger partial charge in [0.05, 0.1) is 5.69 Å². The highest BCUT2D eigenvalue weighted by Gasteiger charge is 2.12. The van der Waals surface area contributed by atoms with Crippen molar-refractivity contribution >= 4 is 23.3 Å². The van der Waals surface area contributed by atoms with Gasteiger partial charge in [-0.3, -0.25) is 14.6 Å². The number of pyridine rings is 2. The number of ketones is 1. The van der Waals surface area contributed by atoms with E-state index in [1.807, 2.05) is 6.07 Å². The molecule has 0 fully saturated rings. The fourth-order valence-corrected chi connectivity index (χ4v) is 3.25. The molecule has 2 heterocycles. The van der Waals surface area contributed by atoms with Crippen molar-refractivity contribution in [3.63, 3.8) is 0 Å². The maximum atomic E-state index is 14.5. The van der Waals surface area contributed by atoms with E-state index >= 15 is 0 Å². The molecular weight excluding hydrogens is 417 g/mol. The van der Waals surface area contributed by atoms with Crippen molar-refractivity contribution in [3.05, 3.63) is 82.5 Å². The van der Waals surface area contributed by atoms with Crippen LogP contribution in [0.15, 0.2) is 54.9 Å². The number of aryl methyl sites for hydroxylation is 1. The van der Waals surface area contributed by atoms with E-state index < -0.39 is 5.82 Å². The summed E-state index contributed by atoms with van der Waals surface area (Å²) in [6.07, 6.45) is 4.44. The van der Waals surface area contributed by atoms with E-state index in [0.29, 0.717) is 46.8 Å². The molecular formula is C24H23ClFN3O2. The number of aromatic nitrogens is 2. The van der Waals surface area contributed by atoms with E-state index in [2.05, 4.69) is 9.97 Å². The number of Topliss-reactive ketones (excluding diaryl/α,β-unsaturated/α-hetero) is 1. The van der Waals surface area contributed by atoms with Gasteiger partial charge in [0.1, 0.15) is 11.0 Å². The van der Waals surface area contributed by atoms with Crippen molar-refractivity contribution in [1.82, 2.24) is 14.9 Å². The molecule has 3 aromatic rings. The van der Waals surface area contributed by atoms with Crippen molar-refractivity contribution in [2.24, 2.45) is 0 Å². The lowest BCUT2D eigenvalue weighted by atomic mass is 10.0. The van der Waals surface area contributed by atoms with Gasteiger partial charge in [0, 0.05) is 55.5 Å². The van der Waals surface area contributed by atoms with E-state index in [-0.39, 0.29) is 18.2 Å². The van der Waals surface area contributed by atoms with Gasteiger partial charge in [-0.2, -0.15) is 0 Å². The molecule has 3 rings (SSSR count).